The lowest BCUT2D eigenvalue weighted by atomic mass is 9.83. The van der Waals surface area contributed by atoms with Crippen molar-refractivity contribution in [3.8, 4) is 0 Å². The minimum atomic E-state index is -1.31. The second-order valence-electron chi connectivity index (χ2n) is 5.62. The fraction of sp³-hybridized carbons (Fsp3) is 0.500. The molecule has 0 saturated heterocycles. The van der Waals surface area contributed by atoms with Crippen LogP contribution in [0, 0.1) is 23.4 Å². The summed E-state index contributed by atoms with van der Waals surface area (Å²) in [5, 5.41) is 2.34. The Hall–Kier alpha value is -2.05. The van der Waals surface area contributed by atoms with Crippen LogP contribution >= 0.6 is 0 Å². The first-order valence-corrected chi connectivity index (χ1v) is 7.47. The minimum absolute atomic E-state index is 0.147. The van der Waals surface area contributed by atoms with Crippen LogP contribution in [-0.4, -0.2) is 25.0 Å². The van der Waals surface area contributed by atoms with Gasteiger partial charge in [0.05, 0.1) is 7.11 Å². The smallest absolute Gasteiger partial charge is 0.328 e. The molecule has 23 heavy (non-hydrogen) atoms. The maximum absolute atomic E-state index is 13.7. The van der Waals surface area contributed by atoms with E-state index < -0.39 is 40.9 Å². The summed E-state index contributed by atoms with van der Waals surface area (Å²) < 4.78 is 45.0. The number of benzene rings is 1. The maximum Gasteiger partial charge on any atom is 0.328 e. The molecule has 7 heteroatoms. The fourth-order valence-electron chi connectivity index (χ4n) is 2.94. The lowest BCUT2D eigenvalue weighted by molar-refractivity contribution is -0.144. The van der Waals surface area contributed by atoms with Crippen molar-refractivity contribution in [1.82, 2.24) is 5.32 Å². The number of hydrogen-bond acceptors (Lipinski definition) is 3. The van der Waals surface area contributed by atoms with Gasteiger partial charge in [0.25, 0.3) is 5.91 Å². The van der Waals surface area contributed by atoms with E-state index in [0.717, 1.165) is 19.3 Å². The van der Waals surface area contributed by atoms with Gasteiger partial charge in [-0.2, -0.15) is 0 Å². The third kappa shape index (κ3) is 4.03. The summed E-state index contributed by atoms with van der Waals surface area (Å²) in [6.45, 7) is 0. The first kappa shape index (κ1) is 17.3. The van der Waals surface area contributed by atoms with Gasteiger partial charge in [0, 0.05) is 12.1 Å². The van der Waals surface area contributed by atoms with E-state index in [1.807, 2.05) is 0 Å². The van der Waals surface area contributed by atoms with Crippen LogP contribution in [0.15, 0.2) is 12.1 Å². The molecule has 1 aromatic rings. The lowest BCUT2D eigenvalue weighted by Gasteiger charge is -2.29. The van der Waals surface area contributed by atoms with E-state index in [1.165, 1.54) is 7.11 Å². The van der Waals surface area contributed by atoms with Crippen LogP contribution in [0.4, 0.5) is 13.2 Å². The Morgan fingerprint density at radius 3 is 2.22 bits per heavy atom. The third-order valence-electron chi connectivity index (χ3n) is 4.10. The van der Waals surface area contributed by atoms with Crippen molar-refractivity contribution >= 4 is 11.9 Å². The normalized spacial score (nSPS) is 16.7. The molecule has 0 spiro atoms. The fourth-order valence-corrected chi connectivity index (χ4v) is 2.94. The van der Waals surface area contributed by atoms with Crippen molar-refractivity contribution < 1.29 is 27.5 Å². The van der Waals surface area contributed by atoms with Crippen LogP contribution in [0.25, 0.3) is 0 Å². The molecule has 1 amide bonds. The van der Waals surface area contributed by atoms with Crippen LogP contribution in [0.1, 0.15) is 42.5 Å². The lowest BCUT2D eigenvalue weighted by Crippen LogP contribution is -2.47. The molecule has 0 aromatic heterocycles. The number of ether oxygens (including phenoxy) is 1. The Labute approximate surface area is 132 Å². The van der Waals surface area contributed by atoms with Crippen LogP contribution in [-0.2, 0) is 9.53 Å². The summed E-state index contributed by atoms with van der Waals surface area (Å²) in [5.41, 5.74) is -0.906. The second kappa shape index (κ2) is 7.48. The number of nitrogens with one attached hydrogen (secondary N) is 1. The molecule has 126 valence electrons. The highest BCUT2D eigenvalue weighted by Crippen LogP contribution is 2.27. The highest BCUT2D eigenvalue weighted by molar-refractivity contribution is 5.97. The highest BCUT2D eigenvalue weighted by Gasteiger charge is 2.33. The van der Waals surface area contributed by atoms with E-state index in [4.69, 9.17) is 0 Å². The van der Waals surface area contributed by atoms with E-state index in [-0.39, 0.29) is 5.92 Å². The number of hydrogen-bond donors (Lipinski definition) is 1. The average Bonchev–Trinajstić information content (AvgIpc) is 2.51. The zero-order valence-electron chi connectivity index (χ0n) is 12.7. The number of carbonyl (C=O) groups is 2. The molecule has 2 rings (SSSR count). The number of halogens is 3. The Bertz CT molecular complexity index is 577. The van der Waals surface area contributed by atoms with Gasteiger partial charge in [-0.3, -0.25) is 4.79 Å². The van der Waals surface area contributed by atoms with Crippen LogP contribution in [0.2, 0.25) is 0 Å². The average molecular weight is 329 g/mol. The first-order chi connectivity index (χ1) is 10.9. The van der Waals surface area contributed by atoms with Crippen molar-refractivity contribution in [2.75, 3.05) is 7.11 Å². The number of amides is 1. The van der Waals surface area contributed by atoms with Gasteiger partial charge in [-0.1, -0.05) is 19.3 Å². The first-order valence-electron chi connectivity index (χ1n) is 7.47. The SMILES string of the molecule is COC(=O)[C@@H](NC(=O)c1c(F)cc(F)cc1F)C1CCCCC1. The van der Waals surface area contributed by atoms with Gasteiger partial charge in [-0.05, 0) is 18.8 Å². The predicted molar refractivity (Wildman–Crippen MR) is 76.2 cm³/mol. The molecule has 1 atom stereocenters. The van der Waals surface area contributed by atoms with Gasteiger partial charge in [0.15, 0.2) is 0 Å². The molecule has 1 aliphatic rings. The van der Waals surface area contributed by atoms with Crippen molar-refractivity contribution in [2.45, 2.75) is 38.1 Å². The molecule has 1 aliphatic carbocycles. The number of esters is 1. The molecule has 4 nitrogen and oxygen atoms in total. The molecule has 0 bridgehead atoms. The predicted octanol–water partition coefficient (Wildman–Crippen LogP) is 2.96. The van der Waals surface area contributed by atoms with E-state index in [2.05, 4.69) is 10.1 Å². The van der Waals surface area contributed by atoms with Gasteiger partial charge in [-0.25, -0.2) is 18.0 Å². The van der Waals surface area contributed by atoms with Gasteiger partial charge in [0.1, 0.15) is 29.1 Å². The molecular weight excluding hydrogens is 311 g/mol. The van der Waals surface area contributed by atoms with E-state index in [1.54, 1.807) is 0 Å². The molecule has 0 aliphatic heterocycles. The Kier molecular flexibility index (Phi) is 5.63. The number of rotatable bonds is 4. The summed E-state index contributed by atoms with van der Waals surface area (Å²) >= 11 is 0. The summed E-state index contributed by atoms with van der Waals surface area (Å²) in [7, 11) is 1.18. The largest absolute Gasteiger partial charge is 0.467 e. The van der Waals surface area contributed by atoms with Crippen LogP contribution in [0.3, 0.4) is 0 Å². The molecule has 1 saturated carbocycles. The summed E-state index contributed by atoms with van der Waals surface area (Å²) in [6, 6.07) is -0.131. The second-order valence-corrected chi connectivity index (χ2v) is 5.62. The third-order valence-corrected chi connectivity index (χ3v) is 4.10. The quantitative estimate of drug-likeness (QED) is 0.864. The molecule has 1 N–H and O–H groups in total. The Balaban J connectivity index is 2.22. The van der Waals surface area contributed by atoms with Crippen LogP contribution in [0.5, 0.6) is 0 Å². The molecule has 0 heterocycles. The highest BCUT2D eigenvalue weighted by atomic mass is 19.1. The summed E-state index contributed by atoms with van der Waals surface area (Å²) in [5.74, 6) is -5.64. The van der Waals surface area contributed by atoms with Gasteiger partial charge >= 0.3 is 5.97 Å². The summed E-state index contributed by atoms with van der Waals surface area (Å²) in [6.07, 6.45) is 4.29. The topological polar surface area (TPSA) is 55.4 Å². The Morgan fingerprint density at radius 1 is 1.13 bits per heavy atom. The van der Waals surface area contributed by atoms with Gasteiger partial charge in [0.2, 0.25) is 0 Å². The van der Waals surface area contributed by atoms with E-state index in [9.17, 15) is 22.8 Å². The standard InChI is InChI=1S/C16H18F3NO3/c1-23-16(22)14(9-5-3-2-4-6-9)20-15(21)13-11(18)7-10(17)8-12(13)19/h7-9,14H,2-6H2,1H3,(H,20,21)/t14-/m0/s1. The minimum Gasteiger partial charge on any atom is -0.467 e. The zero-order valence-corrected chi connectivity index (χ0v) is 12.7. The van der Waals surface area contributed by atoms with Gasteiger partial charge < -0.3 is 10.1 Å². The number of carbonyl (C=O) groups excluding carboxylic acids is 2. The van der Waals surface area contributed by atoms with Crippen molar-refractivity contribution in [3.05, 3.63) is 35.1 Å². The molecule has 1 fully saturated rings. The zero-order chi connectivity index (χ0) is 17.0. The maximum atomic E-state index is 13.7. The number of methoxy groups -OCH3 is 1. The van der Waals surface area contributed by atoms with E-state index in [0.29, 0.717) is 25.0 Å². The molecular formula is C16H18F3NO3. The van der Waals surface area contributed by atoms with Crippen molar-refractivity contribution in [3.63, 3.8) is 0 Å². The summed E-state index contributed by atoms with van der Waals surface area (Å²) in [4.78, 5) is 24.1. The molecule has 0 radical (unpaired) electrons. The molecule has 1 aromatic carbocycles. The van der Waals surface area contributed by atoms with Crippen molar-refractivity contribution in [1.29, 1.82) is 0 Å². The van der Waals surface area contributed by atoms with Crippen molar-refractivity contribution in [2.24, 2.45) is 5.92 Å². The molecule has 0 unspecified atom stereocenters. The van der Waals surface area contributed by atoms with Crippen LogP contribution < -0.4 is 5.32 Å². The monoisotopic (exact) mass is 329 g/mol. The van der Waals surface area contributed by atoms with E-state index >= 15 is 0 Å². The van der Waals surface area contributed by atoms with Gasteiger partial charge in [-0.15, -0.1) is 0 Å². The Morgan fingerprint density at radius 2 is 1.70 bits per heavy atom.